The Morgan fingerprint density at radius 2 is 1.03 bits per heavy atom. The molecule has 1 aliphatic carbocycles. The zero-order chi connectivity index (χ0) is 44.7. The molecular formula is C62H44N4S. The molecule has 1 aliphatic rings. The molecule has 3 aromatic heterocycles. The number of allylic oxidation sites excluding steroid dienone is 9. The smallest absolute Gasteiger partial charge is 0.148 e. The van der Waals surface area contributed by atoms with Gasteiger partial charge in [0.15, 0.2) is 0 Å². The summed E-state index contributed by atoms with van der Waals surface area (Å²) in [5.41, 5.74) is 16.8. The number of benzene rings is 8. The van der Waals surface area contributed by atoms with Crippen LogP contribution in [0.25, 0.3) is 104 Å². The maximum Gasteiger partial charge on any atom is 0.148 e. The van der Waals surface area contributed by atoms with E-state index in [1.54, 1.807) is 11.3 Å². The maximum absolute atomic E-state index is 4.83. The first-order valence-corrected chi connectivity index (χ1v) is 23.6. The summed E-state index contributed by atoms with van der Waals surface area (Å²) in [4.78, 5) is 0. The molecule has 3 heterocycles. The summed E-state index contributed by atoms with van der Waals surface area (Å²) in [6.07, 6.45) is 15.5. The van der Waals surface area contributed by atoms with E-state index in [0.29, 0.717) is 0 Å². The Labute approximate surface area is 393 Å². The van der Waals surface area contributed by atoms with Gasteiger partial charge in [-0.05, 0) is 131 Å². The highest BCUT2D eigenvalue weighted by molar-refractivity contribution is 7.17. The van der Waals surface area contributed by atoms with Gasteiger partial charge in [-0.2, -0.15) is 0 Å². The molecule has 0 unspecified atom stereocenters. The van der Waals surface area contributed by atoms with Gasteiger partial charge in [0.2, 0.25) is 0 Å². The average molecular weight is 877 g/mol. The van der Waals surface area contributed by atoms with Gasteiger partial charge in [-0.3, -0.25) is 0 Å². The maximum atomic E-state index is 4.83. The lowest BCUT2D eigenvalue weighted by Crippen LogP contribution is -1.96. The minimum absolute atomic E-state index is 0.881. The van der Waals surface area contributed by atoms with E-state index in [1.165, 1.54) is 44.0 Å². The summed E-state index contributed by atoms with van der Waals surface area (Å²) in [6, 6.07) is 69.5. The van der Waals surface area contributed by atoms with Crippen LogP contribution in [0.2, 0.25) is 0 Å². The largest absolute Gasteiger partial charge is 0.309 e. The second kappa shape index (κ2) is 17.2. The fourth-order valence-electron chi connectivity index (χ4n) is 9.60. The first-order valence-electron chi connectivity index (χ1n) is 22.8. The van der Waals surface area contributed by atoms with Crippen LogP contribution in [0.15, 0.2) is 243 Å². The van der Waals surface area contributed by atoms with Gasteiger partial charge >= 0.3 is 0 Å². The molecule has 11 aromatic rings. The lowest BCUT2D eigenvalue weighted by Gasteiger charge is -2.14. The number of hydrogen-bond acceptors (Lipinski definition) is 3. The predicted molar refractivity (Wildman–Crippen MR) is 284 cm³/mol. The second-order valence-electron chi connectivity index (χ2n) is 17.1. The molecule has 0 N–H and O–H groups in total. The number of hydrogen-bond donors (Lipinski definition) is 0. The van der Waals surface area contributed by atoms with E-state index in [4.69, 9.17) is 10.2 Å². The van der Waals surface area contributed by atoms with E-state index in [-0.39, 0.29) is 0 Å². The van der Waals surface area contributed by atoms with Crippen molar-refractivity contribution in [1.82, 2.24) is 19.3 Å². The third kappa shape index (κ3) is 7.55. The summed E-state index contributed by atoms with van der Waals surface area (Å²) < 4.78 is 4.77. The van der Waals surface area contributed by atoms with E-state index >= 15 is 0 Å². The molecular weight excluding hydrogens is 833 g/mol. The highest BCUT2D eigenvalue weighted by Gasteiger charge is 2.19. The Hall–Kier alpha value is -8.38. The zero-order valence-electron chi connectivity index (χ0n) is 36.8. The molecule has 0 amide bonds. The van der Waals surface area contributed by atoms with E-state index in [1.807, 2.05) is 6.07 Å². The zero-order valence-corrected chi connectivity index (χ0v) is 37.6. The summed E-state index contributed by atoms with van der Waals surface area (Å²) in [6.45, 7) is 4.52. The third-order valence-electron chi connectivity index (χ3n) is 12.8. The summed E-state index contributed by atoms with van der Waals surface area (Å²) >= 11 is 1.63. The Balaban J connectivity index is 0.939. The fourth-order valence-corrected chi connectivity index (χ4v) is 10.4. The number of nitrogens with zero attached hydrogens (tertiary/aromatic N) is 4. The molecule has 8 aromatic carbocycles. The molecule has 0 bridgehead atoms. The molecule has 0 atom stereocenters. The van der Waals surface area contributed by atoms with Crippen LogP contribution in [0.3, 0.4) is 0 Å². The molecule has 0 spiro atoms. The quantitative estimate of drug-likeness (QED) is 0.128. The predicted octanol–water partition coefficient (Wildman–Crippen LogP) is 16.8. The monoisotopic (exact) mass is 876 g/mol. The minimum Gasteiger partial charge on any atom is -0.309 e. The van der Waals surface area contributed by atoms with Gasteiger partial charge in [-0.1, -0.05) is 170 Å². The molecule has 0 radical (unpaired) electrons. The van der Waals surface area contributed by atoms with Crippen LogP contribution >= 0.6 is 11.3 Å². The van der Waals surface area contributed by atoms with Gasteiger partial charge in [-0.25, -0.2) is 0 Å². The highest BCUT2D eigenvalue weighted by atomic mass is 32.1. The average Bonchev–Trinajstić information content (AvgIpc) is 4.12. The van der Waals surface area contributed by atoms with Crippen LogP contribution in [0, 0.1) is 0 Å². The van der Waals surface area contributed by atoms with Crippen molar-refractivity contribution < 1.29 is 0 Å². The Bertz CT molecular complexity index is 3750. The van der Waals surface area contributed by atoms with Crippen LogP contribution in [0.4, 0.5) is 0 Å². The van der Waals surface area contributed by atoms with Gasteiger partial charge in [0.1, 0.15) is 10.0 Å². The fraction of sp³-hybridized carbons (Fsp3) is 0.0323. The van der Waals surface area contributed by atoms with Crippen molar-refractivity contribution in [3.05, 3.63) is 248 Å². The van der Waals surface area contributed by atoms with Crippen LogP contribution in [0.5, 0.6) is 0 Å². The normalized spacial score (nSPS) is 13.1. The van der Waals surface area contributed by atoms with Crippen molar-refractivity contribution >= 4 is 66.2 Å². The Morgan fingerprint density at radius 3 is 1.67 bits per heavy atom. The molecule has 67 heavy (non-hydrogen) atoms. The van der Waals surface area contributed by atoms with E-state index in [2.05, 4.69) is 240 Å². The van der Waals surface area contributed by atoms with Crippen LogP contribution in [0.1, 0.15) is 18.4 Å². The van der Waals surface area contributed by atoms with E-state index in [0.717, 1.165) is 84.0 Å². The first kappa shape index (κ1) is 40.2. The van der Waals surface area contributed by atoms with Crippen molar-refractivity contribution in [2.24, 2.45) is 0 Å². The lowest BCUT2D eigenvalue weighted by molar-refractivity contribution is 1.02. The molecule has 0 saturated heterocycles. The standard InChI is InChI=1S/C62H44N4S/c1-42(44-20-8-3-9-21-44)36-51(33-30-43-18-6-2-7-19-43)65-57-28-16-14-26-53(57)55-40-47(31-34-59(55)65)61-63-64-62(67-61)48-32-35-60-56(41-48)54-27-15-17-29-58(54)66(60)52-38-49(45-22-10-4-11-23-45)37-50(39-52)46-24-12-5-13-25-46/h3-6,8-41H,1-2,7H2/b33-30+,51-36+. The van der Waals surface area contributed by atoms with Gasteiger partial charge in [0, 0.05) is 44.1 Å². The summed E-state index contributed by atoms with van der Waals surface area (Å²) in [5, 5.41) is 16.1. The van der Waals surface area contributed by atoms with Crippen molar-refractivity contribution in [2.45, 2.75) is 12.8 Å². The van der Waals surface area contributed by atoms with Crippen LogP contribution < -0.4 is 0 Å². The molecule has 12 rings (SSSR count). The molecule has 0 saturated carbocycles. The van der Waals surface area contributed by atoms with Gasteiger partial charge in [-0.15, -0.1) is 10.2 Å². The Kier molecular flexibility index (Phi) is 10.3. The topological polar surface area (TPSA) is 35.6 Å². The van der Waals surface area contributed by atoms with E-state index in [9.17, 15) is 0 Å². The van der Waals surface area contributed by atoms with Crippen molar-refractivity contribution in [3.63, 3.8) is 0 Å². The molecule has 5 heteroatoms. The second-order valence-corrected chi connectivity index (χ2v) is 18.0. The Morgan fingerprint density at radius 1 is 0.493 bits per heavy atom. The van der Waals surface area contributed by atoms with Gasteiger partial charge in [0.05, 0.1) is 22.1 Å². The SMILES string of the molecule is C=C(/C=C(\C=C\C1=CCCC=C1)n1c2ccccc2c2cc(-c3nnc(-c4ccc5c(c4)c4ccccc4n5-c4cc(-c5ccccc5)cc(-c5ccccc5)c4)s3)ccc21)c1ccccc1. The van der Waals surface area contributed by atoms with Crippen LogP contribution in [-0.4, -0.2) is 19.3 Å². The van der Waals surface area contributed by atoms with Gasteiger partial charge in [0.25, 0.3) is 0 Å². The minimum atomic E-state index is 0.881. The van der Waals surface area contributed by atoms with Gasteiger partial charge < -0.3 is 9.13 Å². The van der Waals surface area contributed by atoms with Crippen molar-refractivity contribution in [2.75, 3.05) is 0 Å². The summed E-state index contributed by atoms with van der Waals surface area (Å²) in [5.74, 6) is 0. The van der Waals surface area contributed by atoms with Crippen molar-refractivity contribution in [3.8, 4) is 49.1 Å². The third-order valence-corrected chi connectivity index (χ3v) is 13.9. The van der Waals surface area contributed by atoms with Crippen LogP contribution in [-0.2, 0) is 0 Å². The number of aromatic nitrogens is 4. The molecule has 4 nitrogen and oxygen atoms in total. The lowest BCUT2D eigenvalue weighted by atomic mass is 9.98. The number of rotatable bonds is 10. The molecule has 0 aliphatic heterocycles. The molecule has 0 fully saturated rings. The number of para-hydroxylation sites is 2. The first-order chi connectivity index (χ1) is 33.1. The van der Waals surface area contributed by atoms with Crippen molar-refractivity contribution in [1.29, 1.82) is 0 Å². The summed E-state index contributed by atoms with van der Waals surface area (Å²) in [7, 11) is 0. The highest BCUT2D eigenvalue weighted by Crippen LogP contribution is 2.41. The number of fused-ring (bicyclic) bond motifs is 6. The molecule has 318 valence electrons. The van der Waals surface area contributed by atoms with E-state index < -0.39 is 0 Å².